The second-order valence-electron chi connectivity index (χ2n) is 29.5. The van der Waals surface area contributed by atoms with Crippen molar-refractivity contribution in [2.45, 2.75) is 177 Å². The maximum absolute atomic E-state index is 12.2. The molecule has 0 radical (unpaired) electrons. The van der Waals surface area contributed by atoms with Crippen LogP contribution in [0, 0.1) is 71.0 Å². The molecule has 0 spiro atoms. The molecular formula is C68H104O26. The van der Waals surface area contributed by atoms with Crippen LogP contribution >= 0.6 is 0 Å². The van der Waals surface area contributed by atoms with Crippen molar-refractivity contribution >= 4 is 47.8 Å². The Kier molecular flexibility index (Phi) is 28.0. The van der Waals surface area contributed by atoms with Gasteiger partial charge in [-0.1, -0.05) is 0 Å². The molecule has 0 atom stereocenters. The van der Waals surface area contributed by atoms with Crippen LogP contribution in [-0.4, -0.2) is 223 Å². The summed E-state index contributed by atoms with van der Waals surface area (Å²) in [6, 6.07) is 0. The van der Waals surface area contributed by atoms with Crippen molar-refractivity contribution in [1.82, 2.24) is 0 Å². The van der Waals surface area contributed by atoms with Crippen LogP contribution in [0.1, 0.15) is 154 Å². The van der Waals surface area contributed by atoms with Crippen LogP contribution in [0.4, 0.5) is 0 Å². The molecule has 0 aromatic heterocycles. The van der Waals surface area contributed by atoms with Gasteiger partial charge in [0.25, 0.3) is 0 Å². The number of carboxylic acids is 4. The van der Waals surface area contributed by atoms with Crippen LogP contribution < -0.4 is 0 Å². The molecular weight excluding hydrogens is 1230 g/mol. The Morgan fingerprint density at radius 3 is 0.521 bits per heavy atom. The molecule has 532 valence electrons. The van der Waals surface area contributed by atoms with Crippen molar-refractivity contribution in [2.75, 3.05) is 132 Å². The quantitative estimate of drug-likeness (QED) is 0.0291. The van der Waals surface area contributed by atoms with E-state index in [0.29, 0.717) is 52.9 Å². The van der Waals surface area contributed by atoms with E-state index in [-0.39, 0.29) is 113 Å². The molecule has 16 aliphatic rings. The molecule has 0 aliphatic heterocycles. The summed E-state index contributed by atoms with van der Waals surface area (Å²) in [5.41, 5.74) is -0.919. The molecule has 26 nitrogen and oxygen atoms in total. The van der Waals surface area contributed by atoms with E-state index in [9.17, 15) is 38.4 Å². The summed E-state index contributed by atoms with van der Waals surface area (Å²) in [5.74, 6) is 3.55. The highest BCUT2D eigenvalue weighted by Gasteiger charge is 2.57. The lowest BCUT2D eigenvalue weighted by atomic mass is 9.54. The summed E-state index contributed by atoms with van der Waals surface area (Å²) >= 11 is 0. The Balaban J connectivity index is 0.000000149. The van der Waals surface area contributed by atoms with Gasteiger partial charge in [0.05, 0.1) is 79.3 Å². The largest absolute Gasteiger partial charge is 0.480 e. The average molecular weight is 1340 g/mol. The van der Waals surface area contributed by atoms with Crippen molar-refractivity contribution in [3.8, 4) is 0 Å². The number of carbonyl (C=O) groups is 8. The number of rotatable bonds is 38. The lowest BCUT2D eigenvalue weighted by Crippen LogP contribution is -2.53. The monoisotopic (exact) mass is 1340 g/mol. The molecule has 16 rings (SSSR count). The van der Waals surface area contributed by atoms with Gasteiger partial charge in [-0.3, -0.25) is 0 Å². The third-order valence-electron chi connectivity index (χ3n) is 21.3. The molecule has 0 heterocycles. The summed E-state index contributed by atoms with van der Waals surface area (Å²) in [6.07, 6.45) is 28.0. The zero-order valence-electron chi connectivity index (χ0n) is 54.8. The Hall–Kier alpha value is -4.64. The second-order valence-corrected chi connectivity index (χ2v) is 29.5. The summed E-state index contributed by atoms with van der Waals surface area (Å²) in [4.78, 5) is 89.1. The molecule has 16 saturated carbocycles. The fourth-order valence-electron chi connectivity index (χ4n) is 19.9. The minimum absolute atomic E-state index is 0.0253. The summed E-state index contributed by atoms with van der Waals surface area (Å²) in [5, 5.41) is 33.7. The fraction of sp³-hybridized carbons (Fsp3) is 0.882. The van der Waals surface area contributed by atoms with E-state index in [2.05, 4.69) is 0 Å². The van der Waals surface area contributed by atoms with Gasteiger partial charge in [-0.25, -0.2) is 38.4 Å². The van der Waals surface area contributed by atoms with E-state index in [0.717, 1.165) is 148 Å². The van der Waals surface area contributed by atoms with Crippen LogP contribution in [0.2, 0.25) is 0 Å². The van der Waals surface area contributed by atoms with Gasteiger partial charge in [-0.15, -0.1) is 0 Å². The zero-order valence-corrected chi connectivity index (χ0v) is 54.8. The maximum atomic E-state index is 12.2. The van der Waals surface area contributed by atoms with E-state index < -0.39 is 36.5 Å². The van der Waals surface area contributed by atoms with Crippen LogP contribution in [0.3, 0.4) is 0 Å². The summed E-state index contributed by atoms with van der Waals surface area (Å²) < 4.78 is 74.2. The predicted octanol–water partition coefficient (Wildman–Crippen LogP) is 6.50. The van der Waals surface area contributed by atoms with E-state index in [1.807, 2.05) is 0 Å². The minimum Gasteiger partial charge on any atom is -0.480 e. The SMILES string of the molecule is O=C(O)COCC(=O)OC12CC3CC(CC(C3)C1)C2.O=C(O)COCCOCC(=O)OC12CC3CC(CC(C3)C1)C2.O=C(O)COCCOCCOCC(=O)OC12CC3CC(CC(C3)C1)C2.O=C(O)COCCOCCOCCOCC(=O)OC12CC3CC(CC(C3)C1)C2. The predicted molar refractivity (Wildman–Crippen MR) is 327 cm³/mol. The Bertz CT molecular complexity index is 2340. The molecule has 0 aromatic carbocycles. The average Bonchev–Trinajstić information content (AvgIpc) is 0.782. The van der Waals surface area contributed by atoms with Gasteiger partial charge in [-0.2, -0.15) is 0 Å². The molecule has 0 aromatic rings. The Labute approximate surface area is 550 Å². The van der Waals surface area contributed by atoms with Crippen molar-refractivity contribution in [2.24, 2.45) is 71.0 Å². The highest BCUT2D eigenvalue weighted by molar-refractivity contribution is 5.73. The fourth-order valence-corrected chi connectivity index (χ4v) is 19.9. The van der Waals surface area contributed by atoms with Crippen LogP contribution in [0.15, 0.2) is 0 Å². The van der Waals surface area contributed by atoms with E-state index in [1.54, 1.807) is 0 Å². The number of hydrogen-bond donors (Lipinski definition) is 4. The molecule has 0 unspecified atom stereocenters. The lowest BCUT2D eigenvalue weighted by Gasteiger charge is -2.55. The third-order valence-corrected chi connectivity index (χ3v) is 21.3. The van der Waals surface area contributed by atoms with Gasteiger partial charge in [0.2, 0.25) is 0 Å². The van der Waals surface area contributed by atoms with E-state index >= 15 is 0 Å². The molecule has 16 bridgehead atoms. The number of esters is 4. The molecule has 26 heteroatoms. The van der Waals surface area contributed by atoms with Gasteiger partial charge < -0.3 is 86.7 Å². The first-order valence-corrected chi connectivity index (χ1v) is 34.7. The second kappa shape index (κ2) is 35.7. The highest BCUT2D eigenvalue weighted by atomic mass is 16.6. The summed E-state index contributed by atoms with van der Waals surface area (Å²) in [7, 11) is 0. The molecule has 94 heavy (non-hydrogen) atoms. The van der Waals surface area contributed by atoms with Crippen LogP contribution in [-0.2, 0) is 105 Å². The standard InChI is InChI=1S/C20H32O8.C18H28O7.C16H24O6.C14H20O5/c21-18(22)13-26-5-3-24-1-2-25-4-6-27-14-19(23)28-20-10-15-7-16(11-20)9-17(8-15)12-20;19-16(20)11-23-3-1-22-2-4-24-12-17(21)25-18-8-13-5-14(9-18)7-15(6-13)10-18;17-14(18)9-20-1-2-21-10-15(19)22-16-6-11-3-12(7-16)5-13(4-11)8-16;15-12(16)7-18-8-13(17)19-14-4-9-1-10(5-14)3-11(2-9)6-14/h15-17H,1-14H2,(H,21,22);13-15H,1-12H2,(H,19,20);11-13H,1-10H2,(H,17,18);9-11H,1-8H2,(H,15,16). The van der Waals surface area contributed by atoms with Gasteiger partial charge in [0.1, 0.15) is 75.3 Å². The highest BCUT2D eigenvalue weighted by Crippen LogP contribution is 2.60. The minimum atomic E-state index is -1.07. The maximum Gasteiger partial charge on any atom is 0.332 e. The van der Waals surface area contributed by atoms with Gasteiger partial charge in [0, 0.05) is 0 Å². The zero-order chi connectivity index (χ0) is 66.6. The molecule has 16 fully saturated rings. The third kappa shape index (κ3) is 23.8. The number of carboxylic acid groups (broad SMARTS) is 4. The number of carbonyl (C=O) groups excluding carboxylic acids is 4. The van der Waals surface area contributed by atoms with Crippen LogP contribution in [0.25, 0.3) is 0 Å². The Morgan fingerprint density at radius 2 is 0.351 bits per heavy atom. The van der Waals surface area contributed by atoms with Crippen molar-refractivity contribution in [3.05, 3.63) is 0 Å². The van der Waals surface area contributed by atoms with Gasteiger partial charge in [0.15, 0.2) is 0 Å². The van der Waals surface area contributed by atoms with Gasteiger partial charge in [-0.05, 0) is 225 Å². The van der Waals surface area contributed by atoms with Crippen molar-refractivity contribution in [1.29, 1.82) is 0 Å². The molecule has 0 saturated heterocycles. The normalized spacial score (nSPS) is 34.0. The Morgan fingerprint density at radius 1 is 0.213 bits per heavy atom. The first kappa shape index (κ1) is 73.6. The van der Waals surface area contributed by atoms with Crippen LogP contribution in [0.5, 0.6) is 0 Å². The van der Waals surface area contributed by atoms with Gasteiger partial charge >= 0.3 is 47.8 Å². The van der Waals surface area contributed by atoms with Crippen molar-refractivity contribution in [3.63, 3.8) is 0 Å². The number of ether oxygens (including phenoxy) is 14. The molecule has 4 N–H and O–H groups in total. The first-order chi connectivity index (χ1) is 45.2. The molecule has 16 aliphatic carbocycles. The summed E-state index contributed by atoms with van der Waals surface area (Å²) in [6.45, 7) is 1.74. The van der Waals surface area contributed by atoms with E-state index in [4.69, 9.17) is 86.7 Å². The number of aliphatic carboxylic acids is 4. The first-order valence-electron chi connectivity index (χ1n) is 34.7. The number of hydrogen-bond acceptors (Lipinski definition) is 22. The lowest BCUT2D eigenvalue weighted by molar-refractivity contribution is -0.192. The topological polar surface area (TPSA) is 347 Å². The van der Waals surface area contributed by atoms with E-state index in [1.165, 1.54) is 77.0 Å². The van der Waals surface area contributed by atoms with Crippen molar-refractivity contribution < 1.29 is 125 Å². The smallest absolute Gasteiger partial charge is 0.332 e. The molecule has 0 amide bonds.